The molecule has 1 saturated heterocycles. The number of amides is 3. The molecule has 2 aliphatic rings. The van der Waals surface area contributed by atoms with Gasteiger partial charge in [0.05, 0.1) is 10.0 Å². The van der Waals surface area contributed by atoms with E-state index in [-0.39, 0.29) is 11.9 Å². The molecule has 28 heavy (non-hydrogen) atoms. The summed E-state index contributed by atoms with van der Waals surface area (Å²) < 4.78 is 0. The topological polar surface area (TPSA) is 56.4 Å². The molecule has 0 bridgehead atoms. The zero-order valence-corrected chi connectivity index (χ0v) is 16.6. The number of halogens is 2. The summed E-state index contributed by atoms with van der Waals surface area (Å²) in [6, 6.07) is 12.2. The average Bonchev–Trinajstić information content (AvgIpc) is 3.18. The van der Waals surface area contributed by atoms with Crippen molar-refractivity contribution >= 4 is 46.0 Å². The van der Waals surface area contributed by atoms with Gasteiger partial charge in [-0.1, -0.05) is 47.5 Å². The summed E-state index contributed by atoms with van der Waals surface area (Å²) in [7, 11) is 0. The molecule has 1 aromatic heterocycles. The molecule has 0 saturated carbocycles. The van der Waals surface area contributed by atoms with Crippen LogP contribution in [0, 0.1) is 0 Å². The number of para-hydroxylation sites is 1. The molecular formula is C21H17Cl2N3O2. The summed E-state index contributed by atoms with van der Waals surface area (Å²) in [5.74, 6) is -0.145. The quantitative estimate of drug-likeness (QED) is 0.614. The van der Waals surface area contributed by atoms with Gasteiger partial charge in [-0.2, -0.15) is 0 Å². The first-order valence-electron chi connectivity index (χ1n) is 9.19. The maximum Gasteiger partial charge on any atom is 0.328 e. The van der Waals surface area contributed by atoms with Crippen molar-refractivity contribution in [3.05, 3.63) is 69.3 Å². The number of carbonyl (C=O) groups excluding carboxylic acids is 2. The lowest BCUT2D eigenvalue weighted by Gasteiger charge is -2.36. The van der Waals surface area contributed by atoms with Gasteiger partial charge in [0, 0.05) is 29.6 Å². The normalized spacial score (nSPS) is 21.4. The fourth-order valence-electron chi connectivity index (χ4n) is 4.45. The number of carbonyl (C=O) groups is 2. The molecule has 142 valence electrons. The maximum absolute atomic E-state index is 13.1. The van der Waals surface area contributed by atoms with Crippen molar-refractivity contribution in [2.75, 3.05) is 6.54 Å². The van der Waals surface area contributed by atoms with E-state index in [9.17, 15) is 9.59 Å². The van der Waals surface area contributed by atoms with E-state index in [1.807, 2.05) is 37.3 Å². The molecule has 1 fully saturated rings. The van der Waals surface area contributed by atoms with Gasteiger partial charge in [-0.25, -0.2) is 4.79 Å². The van der Waals surface area contributed by atoms with Gasteiger partial charge >= 0.3 is 6.03 Å². The number of rotatable bonds is 2. The van der Waals surface area contributed by atoms with E-state index in [1.54, 1.807) is 17.0 Å². The van der Waals surface area contributed by atoms with E-state index in [0.717, 1.165) is 27.7 Å². The number of benzene rings is 2. The van der Waals surface area contributed by atoms with E-state index in [1.165, 1.54) is 4.90 Å². The monoisotopic (exact) mass is 413 g/mol. The smallest absolute Gasteiger partial charge is 0.328 e. The lowest BCUT2D eigenvalue weighted by molar-refractivity contribution is -0.128. The number of imide groups is 1. The molecule has 0 aliphatic carbocycles. The Morgan fingerprint density at radius 1 is 1.11 bits per heavy atom. The molecule has 3 amide bonds. The molecule has 3 heterocycles. The van der Waals surface area contributed by atoms with Crippen molar-refractivity contribution < 1.29 is 9.59 Å². The first kappa shape index (κ1) is 17.6. The first-order chi connectivity index (χ1) is 13.5. The fraction of sp³-hybridized carbons (Fsp3) is 0.238. The number of aromatic amines is 1. The minimum absolute atomic E-state index is 0.145. The molecule has 2 aromatic carbocycles. The molecule has 0 unspecified atom stereocenters. The zero-order chi connectivity index (χ0) is 19.6. The van der Waals surface area contributed by atoms with Gasteiger partial charge < -0.3 is 4.98 Å². The van der Waals surface area contributed by atoms with Crippen LogP contribution >= 0.6 is 23.2 Å². The van der Waals surface area contributed by atoms with Crippen LogP contribution in [0.2, 0.25) is 10.0 Å². The summed E-state index contributed by atoms with van der Waals surface area (Å²) >= 11 is 12.4. The van der Waals surface area contributed by atoms with Crippen molar-refractivity contribution in [3.8, 4) is 0 Å². The Bertz CT molecular complexity index is 1140. The van der Waals surface area contributed by atoms with Crippen LogP contribution in [0.3, 0.4) is 0 Å². The Labute approximate surface area is 171 Å². The van der Waals surface area contributed by atoms with Gasteiger partial charge in [-0.05, 0) is 36.2 Å². The number of hydrogen-bond donors (Lipinski definition) is 1. The van der Waals surface area contributed by atoms with Crippen LogP contribution in [0.5, 0.6) is 0 Å². The summed E-state index contributed by atoms with van der Waals surface area (Å²) in [5, 5.41) is 1.95. The van der Waals surface area contributed by atoms with Crippen LogP contribution in [0.25, 0.3) is 10.9 Å². The Hall–Kier alpha value is -2.50. The zero-order valence-electron chi connectivity index (χ0n) is 15.1. The standard InChI is InChI=1S/C21H17Cl2N3O2/c1-2-25-20(27)17-10-13-12-5-3-4-6-16(12)24-18(13)19(26(17)21(25)28)11-7-8-14(22)15(23)9-11/h3-9,17,19,24H,2,10H2,1H3/t17-,19-/m0/s1. The third kappa shape index (κ3) is 2.33. The van der Waals surface area contributed by atoms with Crippen LogP contribution in [-0.2, 0) is 11.2 Å². The maximum atomic E-state index is 13.1. The predicted molar refractivity (Wildman–Crippen MR) is 109 cm³/mol. The van der Waals surface area contributed by atoms with Crippen molar-refractivity contribution in [1.82, 2.24) is 14.8 Å². The number of fused-ring (bicyclic) bond motifs is 4. The largest absolute Gasteiger partial charge is 0.356 e. The number of nitrogens with one attached hydrogen (secondary N) is 1. The first-order valence-corrected chi connectivity index (χ1v) is 9.95. The molecule has 2 aliphatic heterocycles. The van der Waals surface area contributed by atoms with Gasteiger partial charge in [0.25, 0.3) is 5.91 Å². The summed E-state index contributed by atoms with van der Waals surface area (Å²) in [4.78, 5) is 32.5. The minimum Gasteiger partial charge on any atom is -0.356 e. The summed E-state index contributed by atoms with van der Waals surface area (Å²) in [6.45, 7) is 2.17. The van der Waals surface area contributed by atoms with E-state index in [4.69, 9.17) is 23.2 Å². The highest BCUT2D eigenvalue weighted by Gasteiger charge is 2.52. The van der Waals surface area contributed by atoms with Crippen LogP contribution in [0.15, 0.2) is 42.5 Å². The van der Waals surface area contributed by atoms with Gasteiger partial charge in [0.2, 0.25) is 0 Å². The van der Waals surface area contributed by atoms with Crippen molar-refractivity contribution in [2.24, 2.45) is 0 Å². The van der Waals surface area contributed by atoms with E-state index in [0.29, 0.717) is 23.0 Å². The Morgan fingerprint density at radius 3 is 2.64 bits per heavy atom. The number of likely N-dealkylation sites (N-methyl/N-ethyl adjacent to an activating group) is 1. The molecule has 7 heteroatoms. The van der Waals surface area contributed by atoms with Crippen LogP contribution in [-0.4, -0.2) is 39.3 Å². The third-order valence-corrected chi connectivity index (χ3v) is 6.45. The molecule has 1 N–H and O–H groups in total. The van der Waals surface area contributed by atoms with Crippen LogP contribution in [0.4, 0.5) is 4.79 Å². The second-order valence-electron chi connectivity index (χ2n) is 7.13. The molecule has 2 atom stereocenters. The van der Waals surface area contributed by atoms with Gasteiger partial charge in [0.1, 0.15) is 12.1 Å². The van der Waals surface area contributed by atoms with E-state index >= 15 is 0 Å². The SMILES string of the molecule is CCN1C(=O)[C@@H]2Cc3c([nH]c4ccccc34)[C@H](c3ccc(Cl)c(Cl)c3)N2C1=O. The minimum atomic E-state index is -0.515. The van der Waals surface area contributed by atoms with Crippen LogP contribution < -0.4 is 0 Å². The number of aromatic nitrogens is 1. The molecule has 5 nitrogen and oxygen atoms in total. The lowest BCUT2D eigenvalue weighted by Crippen LogP contribution is -2.44. The molecule has 0 spiro atoms. The number of nitrogens with zero attached hydrogens (tertiary/aromatic N) is 2. The molecule has 0 radical (unpaired) electrons. The van der Waals surface area contributed by atoms with Crippen molar-refractivity contribution in [1.29, 1.82) is 0 Å². The number of urea groups is 1. The lowest BCUT2D eigenvalue weighted by atomic mass is 9.89. The number of hydrogen-bond acceptors (Lipinski definition) is 2. The predicted octanol–water partition coefficient (Wildman–Crippen LogP) is 4.77. The molecule has 3 aromatic rings. The summed E-state index contributed by atoms with van der Waals surface area (Å²) in [6.07, 6.45) is 0.498. The fourth-order valence-corrected chi connectivity index (χ4v) is 4.76. The van der Waals surface area contributed by atoms with Gasteiger partial charge in [0.15, 0.2) is 0 Å². The Kier molecular flexibility index (Phi) is 3.93. The molecular weight excluding hydrogens is 397 g/mol. The third-order valence-electron chi connectivity index (χ3n) is 5.71. The van der Waals surface area contributed by atoms with Crippen LogP contribution in [0.1, 0.15) is 29.8 Å². The van der Waals surface area contributed by atoms with Gasteiger partial charge in [-0.15, -0.1) is 0 Å². The van der Waals surface area contributed by atoms with E-state index < -0.39 is 12.1 Å². The second kappa shape index (κ2) is 6.26. The second-order valence-corrected chi connectivity index (χ2v) is 7.95. The Morgan fingerprint density at radius 2 is 1.89 bits per heavy atom. The summed E-state index contributed by atoms with van der Waals surface area (Å²) in [5.41, 5.74) is 3.82. The Balaban J connectivity index is 1.77. The van der Waals surface area contributed by atoms with E-state index in [2.05, 4.69) is 4.98 Å². The number of H-pyrrole nitrogens is 1. The average molecular weight is 414 g/mol. The highest BCUT2D eigenvalue weighted by atomic mass is 35.5. The molecule has 5 rings (SSSR count). The highest BCUT2D eigenvalue weighted by molar-refractivity contribution is 6.42. The highest BCUT2D eigenvalue weighted by Crippen LogP contribution is 2.44. The van der Waals surface area contributed by atoms with Crippen molar-refractivity contribution in [2.45, 2.75) is 25.4 Å². The van der Waals surface area contributed by atoms with Gasteiger partial charge in [-0.3, -0.25) is 14.6 Å². The van der Waals surface area contributed by atoms with Crippen molar-refractivity contribution in [3.63, 3.8) is 0 Å².